The molecule has 0 spiro atoms. The zero-order valence-electron chi connectivity index (χ0n) is 13.6. The van der Waals surface area contributed by atoms with Crippen LogP contribution in [0.4, 0.5) is 8.78 Å². The van der Waals surface area contributed by atoms with Gasteiger partial charge in [0, 0.05) is 18.5 Å². The van der Waals surface area contributed by atoms with Gasteiger partial charge >= 0.3 is 6.61 Å². The lowest BCUT2D eigenvalue weighted by molar-refractivity contribution is -0.121. The maximum atomic E-state index is 12.4. The molecule has 0 radical (unpaired) electrons. The van der Waals surface area contributed by atoms with Crippen molar-refractivity contribution in [3.05, 3.63) is 58.1 Å². The third-order valence-electron chi connectivity index (χ3n) is 3.52. The van der Waals surface area contributed by atoms with Gasteiger partial charge in [-0.1, -0.05) is 24.3 Å². The second kappa shape index (κ2) is 9.36. The third kappa shape index (κ3) is 6.01. The zero-order chi connectivity index (χ0) is 18.2. The minimum Gasteiger partial charge on any atom is -0.496 e. The van der Waals surface area contributed by atoms with E-state index < -0.39 is 6.61 Å². The van der Waals surface area contributed by atoms with E-state index in [2.05, 4.69) is 26.0 Å². The molecule has 0 heterocycles. The quantitative estimate of drug-likeness (QED) is 0.701. The van der Waals surface area contributed by atoms with Crippen LogP contribution in [0.25, 0.3) is 0 Å². The first-order valence-corrected chi connectivity index (χ1v) is 8.40. The highest BCUT2D eigenvalue weighted by molar-refractivity contribution is 9.10. The first-order chi connectivity index (χ1) is 12.0. The number of halogens is 3. The van der Waals surface area contributed by atoms with Gasteiger partial charge in [-0.15, -0.1) is 0 Å². The molecule has 0 aliphatic rings. The van der Waals surface area contributed by atoms with E-state index in [1.807, 2.05) is 18.2 Å². The lowest BCUT2D eigenvalue weighted by Crippen LogP contribution is -2.23. The van der Waals surface area contributed by atoms with Crippen LogP contribution in [0.1, 0.15) is 17.5 Å². The fraction of sp³-hybridized carbons (Fsp3) is 0.278. The van der Waals surface area contributed by atoms with Crippen LogP contribution in [0.2, 0.25) is 0 Å². The van der Waals surface area contributed by atoms with E-state index in [9.17, 15) is 13.6 Å². The minimum absolute atomic E-state index is 0.0666. The number of carbonyl (C=O) groups excluding carboxylic acids is 1. The molecule has 0 saturated heterocycles. The normalized spacial score (nSPS) is 10.6. The van der Waals surface area contributed by atoms with E-state index in [-0.39, 0.29) is 24.6 Å². The summed E-state index contributed by atoms with van der Waals surface area (Å²) in [7, 11) is 1.59. The summed E-state index contributed by atoms with van der Waals surface area (Å²) >= 11 is 3.40. The van der Waals surface area contributed by atoms with Crippen LogP contribution in [-0.2, 0) is 17.8 Å². The lowest BCUT2D eigenvalue weighted by atomic mass is 10.1. The summed E-state index contributed by atoms with van der Waals surface area (Å²) in [5.41, 5.74) is 1.49. The number of methoxy groups -OCH3 is 1. The van der Waals surface area contributed by atoms with E-state index in [1.54, 1.807) is 25.3 Å². The van der Waals surface area contributed by atoms with Crippen LogP contribution < -0.4 is 14.8 Å². The van der Waals surface area contributed by atoms with Gasteiger partial charge in [0.05, 0.1) is 11.6 Å². The Morgan fingerprint density at radius 2 is 1.96 bits per heavy atom. The summed E-state index contributed by atoms with van der Waals surface area (Å²) in [5.74, 6) is 0.625. The largest absolute Gasteiger partial charge is 0.496 e. The fourth-order valence-electron chi connectivity index (χ4n) is 2.27. The molecule has 2 rings (SSSR count). The van der Waals surface area contributed by atoms with Crippen molar-refractivity contribution in [1.82, 2.24) is 5.32 Å². The number of hydrogen-bond donors (Lipinski definition) is 1. The van der Waals surface area contributed by atoms with Gasteiger partial charge in [-0.2, -0.15) is 8.78 Å². The Kier molecular flexibility index (Phi) is 7.18. The van der Waals surface area contributed by atoms with Crippen molar-refractivity contribution >= 4 is 21.8 Å². The average molecular weight is 414 g/mol. The van der Waals surface area contributed by atoms with Crippen molar-refractivity contribution in [1.29, 1.82) is 0 Å². The Balaban J connectivity index is 1.86. The predicted molar refractivity (Wildman–Crippen MR) is 93.9 cm³/mol. The summed E-state index contributed by atoms with van der Waals surface area (Å²) in [6.07, 6.45) is 0.847. The summed E-state index contributed by atoms with van der Waals surface area (Å²) < 4.78 is 35.2. The number of hydrogen-bond acceptors (Lipinski definition) is 3. The maximum Gasteiger partial charge on any atom is 0.387 e. The van der Waals surface area contributed by atoms with Gasteiger partial charge in [0.2, 0.25) is 5.91 Å². The Morgan fingerprint density at radius 1 is 1.20 bits per heavy atom. The van der Waals surface area contributed by atoms with Crippen molar-refractivity contribution in [3.8, 4) is 11.5 Å². The van der Waals surface area contributed by atoms with Crippen LogP contribution >= 0.6 is 15.9 Å². The average Bonchev–Trinajstić information content (AvgIpc) is 2.59. The lowest BCUT2D eigenvalue weighted by Gasteiger charge is -2.11. The van der Waals surface area contributed by atoms with Crippen molar-refractivity contribution in [2.24, 2.45) is 0 Å². The number of carbonyl (C=O) groups is 1. The molecular weight excluding hydrogens is 396 g/mol. The van der Waals surface area contributed by atoms with Gasteiger partial charge in [-0.25, -0.2) is 0 Å². The Hall–Kier alpha value is -2.15. The summed E-state index contributed by atoms with van der Waals surface area (Å²) in [6, 6.07) is 12.0. The second-order valence-electron chi connectivity index (χ2n) is 5.23. The van der Waals surface area contributed by atoms with Crippen molar-refractivity contribution in [3.63, 3.8) is 0 Å². The van der Waals surface area contributed by atoms with Crippen LogP contribution in [0.5, 0.6) is 11.5 Å². The highest BCUT2D eigenvalue weighted by atomic mass is 79.9. The number of alkyl halides is 2. The van der Waals surface area contributed by atoms with Crippen LogP contribution in [0.15, 0.2) is 46.9 Å². The second-order valence-corrected chi connectivity index (χ2v) is 6.09. The zero-order valence-corrected chi connectivity index (χ0v) is 15.2. The Labute approximate surface area is 153 Å². The van der Waals surface area contributed by atoms with Crippen LogP contribution in [0, 0.1) is 0 Å². The van der Waals surface area contributed by atoms with Crippen molar-refractivity contribution < 1.29 is 23.0 Å². The van der Waals surface area contributed by atoms with Crippen molar-refractivity contribution in [2.75, 3.05) is 7.11 Å². The van der Waals surface area contributed by atoms with Gasteiger partial charge in [0.25, 0.3) is 0 Å². The first kappa shape index (κ1) is 19.2. The van der Waals surface area contributed by atoms with E-state index >= 15 is 0 Å². The molecule has 2 aromatic rings. The molecule has 4 nitrogen and oxygen atoms in total. The predicted octanol–water partition coefficient (Wildman–Crippen LogP) is 4.31. The molecule has 0 atom stereocenters. The topological polar surface area (TPSA) is 47.6 Å². The molecule has 1 amide bonds. The van der Waals surface area contributed by atoms with E-state index in [4.69, 9.17) is 4.74 Å². The summed E-state index contributed by atoms with van der Waals surface area (Å²) in [4.78, 5) is 12.0. The fourth-order valence-corrected chi connectivity index (χ4v) is 2.85. The molecule has 134 valence electrons. The third-order valence-corrected chi connectivity index (χ3v) is 4.14. The van der Waals surface area contributed by atoms with Gasteiger partial charge in [0.1, 0.15) is 11.5 Å². The van der Waals surface area contributed by atoms with Crippen LogP contribution in [-0.4, -0.2) is 19.6 Å². The highest BCUT2D eigenvalue weighted by Crippen LogP contribution is 2.26. The maximum absolute atomic E-state index is 12.4. The molecule has 0 saturated carbocycles. The highest BCUT2D eigenvalue weighted by Gasteiger charge is 2.10. The van der Waals surface area contributed by atoms with Crippen molar-refractivity contribution in [2.45, 2.75) is 26.0 Å². The number of amides is 1. The molecule has 0 aromatic heterocycles. The van der Waals surface area contributed by atoms with Gasteiger partial charge in [0.15, 0.2) is 0 Å². The molecule has 7 heteroatoms. The minimum atomic E-state index is -2.90. The number of para-hydroxylation sites is 1. The Bertz CT molecular complexity index is 725. The smallest absolute Gasteiger partial charge is 0.387 e. The molecule has 25 heavy (non-hydrogen) atoms. The molecule has 0 unspecified atom stereocenters. The molecular formula is C18H18BrF2NO3. The molecule has 2 aromatic carbocycles. The Morgan fingerprint density at radius 3 is 2.64 bits per heavy atom. The van der Waals surface area contributed by atoms with E-state index in [0.717, 1.165) is 15.8 Å². The number of benzene rings is 2. The molecule has 0 bridgehead atoms. The standard InChI is InChI=1S/C18H18BrF2NO3/c1-24-16-8-6-12(10-14(16)19)7-9-17(23)22-11-13-4-2-3-5-15(13)25-18(20)21/h2-6,8,10,18H,7,9,11H2,1H3,(H,22,23). The van der Waals surface area contributed by atoms with Gasteiger partial charge in [-0.3, -0.25) is 4.79 Å². The first-order valence-electron chi connectivity index (χ1n) is 7.61. The molecule has 0 fully saturated rings. The molecule has 0 aliphatic heterocycles. The number of rotatable bonds is 8. The number of ether oxygens (including phenoxy) is 2. The SMILES string of the molecule is COc1ccc(CCC(=O)NCc2ccccc2OC(F)F)cc1Br. The molecule has 1 N–H and O–H groups in total. The van der Waals surface area contributed by atoms with Crippen LogP contribution in [0.3, 0.4) is 0 Å². The van der Waals surface area contributed by atoms with Gasteiger partial charge < -0.3 is 14.8 Å². The monoisotopic (exact) mass is 413 g/mol. The van der Waals surface area contributed by atoms with E-state index in [1.165, 1.54) is 6.07 Å². The van der Waals surface area contributed by atoms with E-state index in [0.29, 0.717) is 12.0 Å². The van der Waals surface area contributed by atoms with Gasteiger partial charge in [-0.05, 0) is 46.1 Å². The number of nitrogens with one attached hydrogen (secondary N) is 1. The summed E-state index contributed by atoms with van der Waals surface area (Å²) in [6.45, 7) is -2.76. The summed E-state index contributed by atoms with van der Waals surface area (Å²) in [5, 5.41) is 2.72. The molecule has 0 aliphatic carbocycles. The number of aryl methyl sites for hydroxylation is 1.